The van der Waals surface area contributed by atoms with Crippen LogP contribution in [0.2, 0.25) is 0 Å². The molecule has 1 fully saturated rings. The maximum atomic E-state index is 13.1. The van der Waals surface area contributed by atoms with Crippen LogP contribution >= 0.6 is 0 Å². The van der Waals surface area contributed by atoms with E-state index < -0.39 is 6.03 Å². The molecule has 3 aromatic rings. The van der Waals surface area contributed by atoms with E-state index in [0.717, 1.165) is 37.2 Å². The Balaban J connectivity index is 1.41. The van der Waals surface area contributed by atoms with Gasteiger partial charge >= 0.3 is 6.03 Å². The molecule has 2 bridgehead atoms. The van der Waals surface area contributed by atoms with Crippen LogP contribution in [0.25, 0.3) is 0 Å². The number of pyridine rings is 1. The zero-order chi connectivity index (χ0) is 27.4. The summed E-state index contributed by atoms with van der Waals surface area (Å²) in [5.41, 5.74) is 3.59. The molecule has 3 heterocycles. The summed E-state index contributed by atoms with van der Waals surface area (Å²) >= 11 is 0. The van der Waals surface area contributed by atoms with E-state index in [1.807, 2.05) is 28.8 Å². The van der Waals surface area contributed by atoms with Gasteiger partial charge in [-0.3, -0.25) is 9.59 Å². The molecule has 1 saturated heterocycles. The summed E-state index contributed by atoms with van der Waals surface area (Å²) < 4.78 is 7.16. The lowest BCUT2D eigenvalue weighted by Crippen LogP contribution is -2.47. The average Bonchev–Trinajstić information content (AvgIpc) is 2.93. The highest BCUT2D eigenvalue weighted by Crippen LogP contribution is 2.39. The van der Waals surface area contributed by atoms with E-state index in [2.05, 4.69) is 27.8 Å². The van der Waals surface area contributed by atoms with Crippen LogP contribution in [0, 0.1) is 5.92 Å². The Morgan fingerprint density at radius 1 is 1.00 bits per heavy atom. The number of methoxy groups -OCH3 is 1. The number of aromatic nitrogens is 1. The van der Waals surface area contributed by atoms with Crippen LogP contribution in [0.4, 0.5) is 21.9 Å². The molecular weight excluding hydrogens is 494 g/mol. The number of ether oxygens (including phenoxy) is 1. The Kier molecular flexibility index (Phi) is 7.86. The SMILES string of the molecule is CCCCNC(=O)c1ccc(N2CC3CC(C2)c2cccc(=O)n2C3)c(NC(=O)Nc2cccc(OC)c2)c1. The topological polar surface area (TPSA) is 105 Å². The number of carbonyl (C=O) groups excluding carboxylic acids is 2. The largest absolute Gasteiger partial charge is 0.497 e. The number of hydrogen-bond acceptors (Lipinski definition) is 5. The molecule has 204 valence electrons. The number of hydrogen-bond donors (Lipinski definition) is 3. The number of carbonyl (C=O) groups is 2. The van der Waals surface area contributed by atoms with E-state index >= 15 is 0 Å². The number of anilines is 3. The molecule has 5 rings (SSSR count). The first-order valence-electron chi connectivity index (χ1n) is 13.5. The van der Waals surface area contributed by atoms with Gasteiger partial charge in [0.2, 0.25) is 0 Å². The Labute approximate surface area is 228 Å². The normalized spacial score (nSPS) is 17.6. The molecule has 3 amide bonds. The summed E-state index contributed by atoms with van der Waals surface area (Å²) in [6.45, 7) is 4.83. The fourth-order valence-corrected chi connectivity index (χ4v) is 5.61. The van der Waals surface area contributed by atoms with Gasteiger partial charge < -0.3 is 30.2 Å². The zero-order valence-corrected chi connectivity index (χ0v) is 22.4. The van der Waals surface area contributed by atoms with Gasteiger partial charge in [0.05, 0.1) is 18.5 Å². The van der Waals surface area contributed by atoms with Crippen LogP contribution < -0.4 is 31.1 Å². The molecule has 39 heavy (non-hydrogen) atoms. The second kappa shape index (κ2) is 11.6. The number of fused-ring (bicyclic) bond motifs is 4. The number of amides is 3. The molecule has 3 N–H and O–H groups in total. The van der Waals surface area contributed by atoms with Gasteiger partial charge in [-0.15, -0.1) is 0 Å². The third-order valence-corrected chi connectivity index (χ3v) is 7.47. The van der Waals surface area contributed by atoms with Crippen molar-refractivity contribution in [1.82, 2.24) is 9.88 Å². The Morgan fingerprint density at radius 2 is 1.85 bits per heavy atom. The maximum Gasteiger partial charge on any atom is 0.323 e. The monoisotopic (exact) mass is 529 g/mol. The molecule has 2 unspecified atom stereocenters. The van der Waals surface area contributed by atoms with Gasteiger partial charge in [0, 0.05) is 61.2 Å². The smallest absolute Gasteiger partial charge is 0.323 e. The van der Waals surface area contributed by atoms with E-state index in [-0.39, 0.29) is 17.4 Å². The van der Waals surface area contributed by atoms with Crippen molar-refractivity contribution in [3.05, 3.63) is 82.3 Å². The predicted octanol–water partition coefficient (Wildman–Crippen LogP) is 4.65. The number of nitrogens with zero attached hydrogens (tertiary/aromatic N) is 2. The summed E-state index contributed by atoms with van der Waals surface area (Å²) in [6.07, 6.45) is 2.92. The number of nitrogens with one attached hydrogen (secondary N) is 3. The second-order valence-electron chi connectivity index (χ2n) is 10.3. The zero-order valence-electron chi connectivity index (χ0n) is 22.4. The quantitative estimate of drug-likeness (QED) is 0.369. The molecule has 9 nitrogen and oxygen atoms in total. The second-order valence-corrected chi connectivity index (χ2v) is 10.3. The van der Waals surface area contributed by atoms with Crippen LogP contribution in [-0.2, 0) is 6.54 Å². The fourth-order valence-electron chi connectivity index (χ4n) is 5.61. The summed E-state index contributed by atoms with van der Waals surface area (Å²) in [5, 5.41) is 8.79. The van der Waals surface area contributed by atoms with Crippen LogP contribution in [-0.4, -0.2) is 43.2 Å². The lowest BCUT2D eigenvalue weighted by Gasteiger charge is -2.44. The molecule has 2 aromatic carbocycles. The number of urea groups is 1. The average molecular weight is 530 g/mol. The van der Waals surface area contributed by atoms with Gasteiger partial charge in [0.25, 0.3) is 11.5 Å². The minimum Gasteiger partial charge on any atom is -0.497 e. The van der Waals surface area contributed by atoms with E-state index in [1.54, 1.807) is 43.5 Å². The predicted molar refractivity (Wildman–Crippen MR) is 153 cm³/mol. The van der Waals surface area contributed by atoms with Gasteiger partial charge in [0.15, 0.2) is 0 Å². The first-order valence-corrected chi connectivity index (χ1v) is 13.5. The Bertz CT molecular complexity index is 1420. The van der Waals surface area contributed by atoms with Gasteiger partial charge in [0.1, 0.15) is 5.75 Å². The van der Waals surface area contributed by atoms with E-state index in [0.29, 0.717) is 48.2 Å². The molecule has 0 aliphatic carbocycles. The molecule has 9 heteroatoms. The van der Waals surface area contributed by atoms with Gasteiger partial charge in [-0.1, -0.05) is 25.5 Å². The molecule has 1 aromatic heterocycles. The van der Waals surface area contributed by atoms with Gasteiger partial charge in [-0.2, -0.15) is 0 Å². The standard InChI is InChI=1S/C30H35N5O4/c1-3-4-13-31-29(37)21-11-12-27(25(15-21)33-30(38)32-23-7-5-8-24(16-23)39-2)34-17-20-14-22(19-34)26-9-6-10-28(36)35(26)18-20/h5-12,15-16,20,22H,3-4,13-14,17-19H2,1-2H3,(H,31,37)(H2,32,33,38). The van der Waals surface area contributed by atoms with Crippen molar-refractivity contribution in [2.45, 2.75) is 38.6 Å². The molecule has 0 saturated carbocycles. The maximum absolute atomic E-state index is 13.1. The van der Waals surface area contributed by atoms with Crippen LogP contribution in [0.1, 0.15) is 48.2 Å². The fraction of sp³-hybridized carbons (Fsp3) is 0.367. The first kappa shape index (κ1) is 26.3. The highest BCUT2D eigenvalue weighted by molar-refractivity contribution is 6.04. The van der Waals surface area contributed by atoms with E-state index in [4.69, 9.17) is 4.74 Å². The van der Waals surface area contributed by atoms with Crippen molar-refractivity contribution in [3.8, 4) is 5.75 Å². The number of benzene rings is 2. The first-order chi connectivity index (χ1) is 18.9. The summed E-state index contributed by atoms with van der Waals surface area (Å²) in [4.78, 5) is 40.6. The molecule has 2 aliphatic rings. The molecule has 0 radical (unpaired) electrons. The Morgan fingerprint density at radius 3 is 2.67 bits per heavy atom. The van der Waals surface area contributed by atoms with Gasteiger partial charge in [-0.05, 0) is 55.2 Å². The van der Waals surface area contributed by atoms with E-state index in [1.165, 1.54) is 0 Å². The minimum absolute atomic E-state index is 0.0469. The Hall–Kier alpha value is -4.27. The van der Waals surface area contributed by atoms with Crippen molar-refractivity contribution >= 4 is 29.0 Å². The lowest BCUT2D eigenvalue weighted by atomic mass is 9.83. The van der Waals surface area contributed by atoms with Crippen LogP contribution in [0.3, 0.4) is 0 Å². The molecular formula is C30H35N5O4. The van der Waals surface area contributed by atoms with Gasteiger partial charge in [-0.25, -0.2) is 4.79 Å². The van der Waals surface area contributed by atoms with Crippen molar-refractivity contribution in [1.29, 1.82) is 0 Å². The summed E-state index contributed by atoms with van der Waals surface area (Å²) in [7, 11) is 1.57. The van der Waals surface area contributed by atoms with Crippen LogP contribution in [0.15, 0.2) is 65.5 Å². The molecule has 2 atom stereocenters. The minimum atomic E-state index is -0.415. The number of unbranched alkanes of at least 4 members (excludes halogenated alkanes) is 1. The third kappa shape index (κ3) is 5.92. The van der Waals surface area contributed by atoms with Crippen molar-refractivity contribution < 1.29 is 14.3 Å². The van der Waals surface area contributed by atoms with Crippen molar-refractivity contribution in [2.75, 3.05) is 42.3 Å². The highest BCUT2D eigenvalue weighted by atomic mass is 16.5. The number of piperidine rings is 1. The summed E-state index contributed by atoms with van der Waals surface area (Å²) in [5.74, 6) is 0.988. The van der Waals surface area contributed by atoms with Crippen molar-refractivity contribution in [2.24, 2.45) is 5.92 Å². The van der Waals surface area contributed by atoms with E-state index in [9.17, 15) is 14.4 Å². The number of rotatable bonds is 8. The molecule has 0 spiro atoms. The lowest BCUT2D eigenvalue weighted by molar-refractivity contribution is 0.0953. The van der Waals surface area contributed by atoms with Crippen LogP contribution in [0.5, 0.6) is 5.75 Å². The highest BCUT2D eigenvalue weighted by Gasteiger charge is 2.35. The molecule has 2 aliphatic heterocycles. The summed E-state index contributed by atoms with van der Waals surface area (Å²) in [6, 6.07) is 17.7. The third-order valence-electron chi connectivity index (χ3n) is 7.47. The van der Waals surface area contributed by atoms with Crippen molar-refractivity contribution in [3.63, 3.8) is 0 Å².